The van der Waals surface area contributed by atoms with Crippen molar-refractivity contribution in [2.75, 3.05) is 30.8 Å². The quantitative estimate of drug-likeness (QED) is 0.897. The van der Waals surface area contributed by atoms with Gasteiger partial charge in [-0.1, -0.05) is 13.3 Å². The molecule has 3 N–H and O–H groups in total. The molecule has 3 rings (SSSR count). The summed E-state index contributed by atoms with van der Waals surface area (Å²) in [6.07, 6.45) is 4.92. The highest BCUT2D eigenvalue weighted by atomic mass is 32.1. The van der Waals surface area contributed by atoms with Crippen molar-refractivity contribution in [3.8, 4) is 0 Å². The number of rotatable bonds is 4. The summed E-state index contributed by atoms with van der Waals surface area (Å²) >= 11 is 1.59. The van der Waals surface area contributed by atoms with Gasteiger partial charge in [0, 0.05) is 25.7 Å². The second kappa shape index (κ2) is 5.28. The molecule has 4 nitrogen and oxygen atoms in total. The molecule has 20 heavy (non-hydrogen) atoms. The standard InChI is InChI=1S/C15H23N3OS/c1-3-9-6-7-18(8-9)15-11(10-4-5-10)12(16)13(20-15)14(19)17-2/h9-10H,3-8,16H2,1-2H3,(H,17,19). The minimum atomic E-state index is -0.0492. The fourth-order valence-electron chi connectivity index (χ4n) is 3.08. The minimum Gasteiger partial charge on any atom is -0.397 e. The van der Waals surface area contributed by atoms with Crippen molar-refractivity contribution in [1.29, 1.82) is 0 Å². The van der Waals surface area contributed by atoms with Gasteiger partial charge in [-0.15, -0.1) is 11.3 Å². The number of hydrogen-bond donors (Lipinski definition) is 2. The lowest BCUT2D eigenvalue weighted by molar-refractivity contribution is 0.0968. The normalized spacial score (nSPS) is 22.3. The lowest BCUT2D eigenvalue weighted by atomic mass is 10.1. The Morgan fingerprint density at radius 3 is 2.75 bits per heavy atom. The van der Waals surface area contributed by atoms with Crippen LogP contribution in [0.25, 0.3) is 0 Å². The van der Waals surface area contributed by atoms with E-state index in [4.69, 9.17) is 5.73 Å². The van der Waals surface area contributed by atoms with Crippen LogP contribution in [0.5, 0.6) is 0 Å². The molecule has 1 atom stereocenters. The molecule has 1 aromatic heterocycles. The zero-order valence-corrected chi connectivity index (χ0v) is 13.1. The molecule has 0 spiro atoms. The molecule has 110 valence electrons. The highest BCUT2D eigenvalue weighted by Crippen LogP contribution is 2.52. The van der Waals surface area contributed by atoms with E-state index in [1.807, 2.05) is 0 Å². The number of carbonyl (C=O) groups excluding carboxylic acids is 1. The molecule has 0 radical (unpaired) electrons. The molecule has 1 saturated heterocycles. The second-order valence-electron chi connectivity index (χ2n) is 5.93. The van der Waals surface area contributed by atoms with Crippen molar-refractivity contribution in [2.24, 2.45) is 5.92 Å². The Morgan fingerprint density at radius 1 is 1.45 bits per heavy atom. The Hall–Kier alpha value is -1.23. The number of nitrogens with one attached hydrogen (secondary N) is 1. The highest BCUT2D eigenvalue weighted by Gasteiger charge is 2.36. The van der Waals surface area contributed by atoms with E-state index in [1.54, 1.807) is 18.4 Å². The van der Waals surface area contributed by atoms with E-state index in [9.17, 15) is 4.79 Å². The first-order chi connectivity index (χ1) is 9.65. The minimum absolute atomic E-state index is 0.0492. The topological polar surface area (TPSA) is 58.4 Å². The number of anilines is 2. The predicted octanol–water partition coefficient (Wildman–Crippen LogP) is 2.80. The number of nitrogens with zero attached hydrogens (tertiary/aromatic N) is 1. The molecular formula is C15H23N3OS. The van der Waals surface area contributed by atoms with Crippen LogP contribution in [-0.2, 0) is 0 Å². The Bertz CT molecular complexity index is 521. The number of carbonyl (C=O) groups is 1. The monoisotopic (exact) mass is 293 g/mol. The summed E-state index contributed by atoms with van der Waals surface area (Å²) in [6, 6.07) is 0. The molecule has 1 amide bonds. The molecule has 0 bridgehead atoms. The summed E-state index contributed by atoms with van der Waals surface area (Å²) in [6.45, 7) is 4.48. The summed E-state index contributed by atoms with van der Waals surface area (Å²) < 4.78 is 0. The lowest BCUT2D eigenvalue weighted by Gasteiger charge is -2.18. The molecule has 5 heteroatoms. The molecule has 0 aromatic carbocycles. The molecule has 1 saturated carbocycles. The average molecular weight is 293 g/mol. The van der Waals surface area contributed by atoms with E-state index in [0.717, 1.165) is 24.7 Å². The van der Waals surface area contributed by atoms with E-state index >= 15 is 0 Å². The van der Waals surface area contributed by atoms with Crippen molar-refractivity contribution >= 4 is 27.9 Å². The fraction of sp³-hybridized carbons (Fsp3) is 0.667. The van der Waals surface area contributed by atoms with Gasteiger partial charge in [0.25, 0.3) is 5.91 Å². The van der Waals surface area contributed by atoms with E-state index < -0.39 is 0 Å². The maximum Gasteiger partial charge on any atom is 0.263 e. The van der Waals surface area contributed by atoms with Gasteiger partial charge in [0.1, 0.15) is 4.88 Å². The van der Waals surface area contributed by atoms with E-state index in [-0.39, 0.29) is 5.91 Å². The summed E-state index contributed by atoms with van der Waals surface area (Å²) in [5.74, 6) is 1.32. The predicted molar refractivity (Wildman–Crippen MR) is 84.7 cm³/mol. The number of nitrogens with two attached hydrogens (primary N) is 1. The van der Waals surface area contributed by atoms with Crippen molar-refractivity contribution in [1.82, 2.24) is 5.32 Å². The van der Waals surface area contributed by atoms with Gasteiger partial charge in [0.05, 0.1) is 10.7 Å². The molecule has 2 heterocycles. The molecule has 1 aliphatic carbocycles. The van der Waals surface area contributed by atoms with Crippen LogP contribution in [0.4, 0.5) is 10.7 Å². The third kappa shape index (κ3) is 2.28. The van der Waals surface area contributed by atoms with Crippen molar-refractivity contribution in [3.05, 3.63) is 10.4 Å². The van der Waals surface area contributed by atoms with Gasteiger partial charge in [-0.05, 0) is 31.1 Å². The number of nitrogen functional groups attached to an aromatic ring is 1. The van der Waals surface area contributed by atoms with Crippen LogP contribution < -0.4 is 16.0 Å². The first kappa shape index (κ1) is 13.7. The molecule has 1 aliphatic heterocycles. The van der Waals surface area contributed by atoms with Gasteiger partial charge in [-0.2, -0.15) is 0 Å². The Morgan fingerprint density at radius 2 is 2.20 bits per heavy atom. The molecule has 2 aliphatic rings. The van der Waals surface area contributed by atoms with E-state index in [1.165, 1.54) is 36.2 Å². The van der Waals surface area contributed by atoms with E-state index in [0.29, 0.717) is 10.8 Å². The van der Waals surface area contributed by atoms with Crippen LogP contribution in [0.3, 0.4) is 0 Å². The SMILES string of the molecule is CCC1CCN(c2sc(C(=O)NC)c(N)c2C2CC2)C1. The number of thiophene rings is 1. The zero-order chi connectivity index (χ0) is 14.3. The third-order valence-corrected chi connectivity index (χ3v) is 5.81. The van der Waals surface area contributed by atoms with Crippen LogP contribution in [0, 0.1) is 5.92 Å². The maximum atomic E-state index is 12.0. The van der Waals surface area contributed by atoms with Gasteiger partial charge < -0.3 is 16.0 Å². The van der Waals surface area contributed by atoms with Gasteiger partial charge in [-0.25, -0.2) is 0 Å². The van der Waals surface area contributed by atoms with Crippen LogP contribution in [0.2, 0.25) is 0 Å². The summed E-state index contributed by atoms with van der Waals surface area (Å²) in [7, 11) is 1.67. The van der Waals surface area contributed by atoms with Crippen molar-refractivity contribution in [3.63, 3.8) is 0 Å². The lowest BCUT2D eigenvalue weighted by Crippen LogP contribution is -2.19. The largest absolute Gasteiger partial charge is 0.397 e. The van der Waals surface area contributed by atoms with E-state index in [2.05, 4.69) is 17.1 Å². The summed E-state index contributed by atoms with van der Waals surface area (Å²) in [5, 5.41) is 3.97. The molecule has 2 fully saturated rings. The second-order valence-corrected chi connectivity index (χ2v) is 6.93. The summed E-state index contributed by atoms with van der Waals surface area (Å²) in [5.41, 5.74) is 8.26. The van der Waals surface area contributed by atoms with Gasteiger partial charge in [-0.3, -0.25) is 4.79 Å². The zero-order valence-electron chi connectivity index (χ0n) is 12.2. The van der Waals surface area contributed by atoms with Crippen molar-refractivity contribution < 1.29 is 4.79 Å². The van der Waals surface area contributed by atoms with Crippen LogP contribution in [0.15, 0.2) is 0 Å². The first-order valence-electron chi connectivity index (χ1n) is 7.54. The molecule has 1 unspecified atom stereocenters. The summed E-state index contributed by atoms with van der Waals surface area (Å²) in [4.78, 5) is 15.1. The smallest absolute Gasteiger partial charge is 0.263 e. The fourth-order valence-corrected chi connectivity index (χ4v) is 4.37. The maximum absolute atomic E-state index is 12.0. The number of amides is 1. The Labute approximate surface area is 124 Å². The van der Waals surface area contributed by atoms with Crippen LogP contribution in [-0.4, -0.2) is 26.0 Å². The Balaban J connectivity index is 1.95. The average Bonchev–Trinajstić information content (AvgIpc) is 3.07. The molecular weight excluding hydrogens is 270 g/mol. The van der Waals surface area contributed by atoms with Crippen molar-refractivity contribution in [2.45, 2.75) is 38.5 Å². The third-order valence-electron chi connectivity index (χ3n) is 4.53. The van der Waals surface area contributed by atoms with Gasteiger partial charge in [0.2, 0.25) is 0 Å². The molecule has 1 aromatic rings. The Kier molecular flexibility index (Phi) is 3.63. The first-order valence-corrected chi connectivity index (χ1v) is 8.36. The van der Waals surface area contributed by atoms with Gasteiger partial charge >= 0.3 is 0 Å². The highest BCUT2D eigenvalue weighted by molar-refractivity contribution is 7.18. The van der Waals surface area contributed by atoms with Crippen LogP contribution in [0.1, 0.15) is 53.8 Å². The number of hydrogen-bond acceptors (Lipinski definition) is 4. The van der Waals surface area contributed by atoms with Gasteiger partial charge in [0.15, 0.2) is 0 Å². The van der Waals surface area contributed by atoms with Crippen LogP contribution >= 0.6 is 11.3 Å².